The number of methoxy groups -OCH3 is 1. The first kappa shape index (κ1) is 14.7. The van der Waals surface area contributed by atoms with Crippen molar-refractivity contribution < 1.29 is 22.7 Å². The fourth-order valence-corrected chi connectivity index (χ4v) is 1.90. The quantitative estimate of drug-likeness (QED) is 0.598. The SMILES string of the molecule is CCC(CC)(OC)C(=O)c1ccc(F)c(F)c1F. The van der Waals surface area contributed by atoms with Crippen LogP contribution in [0.15, 0.2) is 12.1 Å². The number of carbonyl (C=O) groups excluding carboxylic acids is 1. The van der Waals surface area contributed by atoms with Crippen LogP contribution in [0.1, 0.15) is 37.0 Å². The Kier molecular flexibility index (Phi) is 4.51. The smallest absolute Gasteiger partial charge is 0.197 e. The molecule has 0 aliphatic carbocycles. The van der Waals surface area contributed by atoms with Crippen molar-refractivity contribution in [1.82, 2.24) is 0 Å². The molecule has 0 unspecified atom stereocenters. The van der Waals surface area contributed by atoms with Gasteiger partial charge in [-0.2, -0.15) is 0 Å². The third-order valence-corrected chi connectivity index (χ3v) is 3.23. The molecule has 5 heteroatoms. The Bertz CT molecular complexity index is 446. The van der Waals surface area contributed by atoms with E-state index in [0.717, 1.165) is 12.1 Å². The van der Waals surface area contributed by atoms with E-state index in [1.165, 1.54) is 7.11 Å². The van der Waals surface area contributed by atoms with Gasteiger partial charge < -0.3 is 4.74 Å². The van der Waals surface area contributed by atoms with E-state index in [-0.39, 0.29) is 0 Å². The van der Waals surface area contributed by atoms with Crippen LogP contribution in [0.2, 0.25) is 0 Å². The second kappa shape index (κ2) is 5.52. The topological polar surface area (TPSA) is 26.3 Å². The van der Waals surface area contributed by atoms with Crippen molar-refractivity contribution in [2.24, 2.45) is 0 Å². The highest BCUT2D eigenvalue weighted by atomic mass is 19.2. The summed E-state index contributed by atoms with van der Waals surface area (Å²) in [4.78, 5) is 12.2. The van der Waals surface area contributed by atoms with Crippen LogP contribution in [0.25, 0.3) is 0 Å². The maximum atomic E-state index is 13.6. The maximum absolute atomic E-state index is 13.6. The predicted molar refractivity (Wildman–Crippen MR) is 61.0 cm³/mol. The molecule has 0 aliphatic rings. The molecule has 0 bridgehead atoms. The van der Waals surface area contributed by atoms with Crippen LogP contribution in [0.5, 0.6) is 0 Å². The lowest BCUT2D eigenvalue weighted by atomic mass is 9.87. The van der Waals surface area contributed by atoms with E-state index >= 15 is 0 Å². The molecule has 0 atom stereocenters. The van der Waals surface area contributed by atoms with Crippen molar-refractivity contribution in [3.05, 3.63) is 35.1 Å². The molecule has 0 saturated heterocycles. The summed E-state index contributed by atoms with van der Waals surface area (Å²) in [5.74, 6) is -5.10. The van der Waals surface area contributed by atoms with Gasteiger partial charge in [-0.15, -0.1) is 0 Å². The molecule has 1 rings (SSSR count). The molecule has 0 fully saturated rings. The van der Waals surface area contributed by atoms with Crippen LogP contribution >= 0.6 is 0 Å². The zero-order valence-electron chi connectivity index (χ0n) is 10.5. The minimum atomic E-state index is -1.64. The molecular formula is C13H15F3O2. The molecule has 0 aromatic heterocycles. The van der Waals surface area contributed by atoms with E-state index in [4.69, 9.17) is 4.74 Å². The number of carbonyl (C=O) groups is 1. The van der Waals surface area contributed by atoms with Crippen molar-refractivity contribution in [1.29, 1.82) is 0 Å². The van der Waals surface area contributed by atoms with Crippen molar-refractivity contribution in [2.75, 3.05) is 7.11 Å². The number of ether oxygens (including phenoxy) is 1. The van der Waals surface area contributed by atoms with E-state index in [1.807, 2.05) is 0 Å². The van der Waals surface area contributed by atoms with Crippen LogP contribution in [-0.4, -0.2) is 18.5 Å². The van der Waals surface area contributed by atoms with Crippen molar-refractivity contribution in [3.63, 3.8) is 0 Å². The first-order chi connectivity index (χ1) is 8.43. The maximum Gasteiger partial charge on any atom is 0.197 e. The molecule has 0 aliphatic heterocycles. The second-order valence-corrected chi connectivity index (χ2v) is 3.96. The van der Waals surface area contributed by atoms with Gasteiger partial charge in [0.05, 0.1) is 5.56 Å². The fourth-order valence-electron chi connectivity index (χ4n) is 1.90. The van der Waals surface area contributed by atoms with Gasteiger partial charge in [-0.3, -0.25) is 4.79 Å². The first-order valence-corrected chi connectivity index (χ1v) is 5.67. The number of hydrogen-bond donors (Lipinski definition) is 0. The highest BCUT2D eigenvalue weighted by Gasteiger charge is 2.37. The molecule has 0 amide bonds. The molecule has 1 aromatic carbocycles. The van der Waals surface area contributed by atoms with Gasteiger partial charge in [-0.25, -0.2) is 13.2 Å². The monoisotopic (exact) mass is 260 g/mol. The van der Waals surface area contributed by atoms with Gasteiger partial charge >= 0.3 is 0 Å². The Balaban J connectivity index is 3.30. The summed E-state index contributed by atoms with van der Waals surface area (Å²) >= 11 is 0. The van der Waals surface area contributed by atoms with E-state index in [9.17, 15) is 18.0 Å². The lowest BCUT2D eigenvalue weighted by molar-refractivity contribution is -0.00300. The van der Waals surface area contributed by atoms with Gasteiger partial charge in [-0.1, -0.05) is 13.8 Å². The van der Waals surface area contributed by atoms with Gasteiger partial charge in [0.1, 0.15) is 5.60 Å². The molecule has 0 saturated carbocycles. The average Bonchev–Trinajstić information content (AvgIpc) is 2.39. The standard InChI is InChI=1S/C13H15F3O2/c1-4-13(5-2,18-3)12(17)8-6-7-9(14)11(16)10(8)15/h6-7H,4-5H2,1-3H3. The zero-order chi connectivity index (χ0) is 13.9. The molecule has 0 spiro atoms. The summed E-state index contributed by atoms with van der Waals surface area (Å²) in [6, 6.07) is 1.67. The molecule has 0 N–H and O–H groups in total. The van der Waals surface area contributed by atoms with Crippen molar-refractivity contribution >= 4 is 5.78 Å². The van der Waals surface area contributed by atoms with Crippen LogP contribution in [0.4, 0.5) is 13.2 Å². The molecule has 1 aromatic rings. The molecular weight excluding hydrogens is 245 g/mol. The summed E-state index contributed by atoms with van der Waals surface area (Å²) in [5, 5.41) is 0. The summed E-state index contributed by atoms with van der Waals surface area (Å²) in [7, 11) is 1.34. The largest absolute Gasteiger partial charge is 0.370 e. The number of rotatable bonds is 5. The van der Waals surface area contributed by atoms with Gasteiger partial charge in [-0.05, 0) is 25.0 Å². The lowest BCUT2D eigenvalue weighted by Gasteiger charge is -2.28. The summed E-state index contributed by atoms with van der Waals surface area (Å²) in [5.41, 5.74) is -1.69. The van der Waals surface area contributed by atoms with Crippen LogP contribution in [-0.2, 0) is 4.74 Å². The summed E-state index contributed by atoms with van der Waals surface area (Å²) in [6.45, 7) is 3.42. The average molecular weight is 260 g/mol. The summed E-state index contributed by atoms with van der Waals surface area (Å²) < 4.78 is 44.6. The zero-order valence-corrected chi connectivity index (χ0v) is 10.5. The van der Waals surface area contributed by atoms with E-state index in [2.05, 4.69) is 0 Å². The molecule has 18 heavy (non-hydrogen) atoms. The van der Waals surface area contributed by atoms with Gasteiger partial charge in [0, 0.05) is 7.11 Å². The third-order valence-electron chi connectivity index (χ3n) is 3.23. The normalized spacial score (nSPS) is 11.7. The highest BCUT2D eigenvalue weighted by Crippen LogP contribution is 2.27. The van der Waals surface area contributed by atoms with Crippen LogP contribution in [0, 0.1) is 17.5 Å². The molecule has 2 nitrogen and oxygen atoms in total. The van der Waals surface area contributed by atoms with Crippen molar-refractivity contribution in [3.8, 4) is 0 Å². The molecule has 0 radical (unpaired) electrons. The van der Waals surface area contributed by atoms with Crippen LogP contribution in [0.3, 0.4) is 0 Å². The summed E-state index contributed by atoms with van der Waals surface area (Å²) in [6.07, 6.45) is 0.633. The van der Waals surface area contributed by atoms with E-state index < -0.39 is 34.4 Å². The Morgan fingerprint density at radius 1 is 1.17 bits per heavy atom. The third kappa shape index (κ3) is 2.27. The number of Topliss-reactive ketones (excluding diaryl/α,β-unsaturated/α-hetero) is 1. The van der Waals surface area contributed by atoms with Gasteiger partial charge in [0.2, 0.25) is 0 Å². The van der Waals surface area contributed by atoms with Gasteiger partial charge in [0.15, 0.2) is 23.2 Å². The fraction of sp³-hybridized carbons (Fsp3) is 0.462. The molecule has 0 heterocycles. The van der Waals surface area contributed by atoms with Crippen LogP contribution < -0.4 is 0 Å². The minimum Gasteiger partial charge on any atom is -0.370 e. The number of hydrogen-bond acceptors (Lipinski definition) is 2. The predicted octanol–water partition coefficient (Wildman–Crippen LogP) is 3.49. The Morgan fingerprint density at radius 3 is 2.17 bits per heavy atom. The first-order valence-electron chi connectivity index (χ1n) is 5.67. The second-order valence-electron chi connectivity index (χ2n) is 3.96. The molecule has 100 valence electrons. The number of benzene rings is 1. The Morgan fingerprint density at radius 2 is 1.72 bits per heavy atom. The van der Waals surface area contributed by atoms with E-state index in [0.29, 0.717) is 12.8 Å². The Labute approximate surface area is 104 Å². The minimum absolute atomic E-state index is 0.317. The lowest BCUT2D eigenvalue weighted by Crippen LogP contribution is -2.40. The highest BCUT2D eigenvalue weighted by molar-refractivity contribution is 6.02. The van der Waals surface area contributed by atoms with Gasteiger partial charge in [0.25, 0.3) is 0 Å². The number of ketones is 1. The Hall–Kier alpha value is -1.36. The number of halogens is 3. The van der Waals surface area contributed by atoms with E-state index in [1.54, 1.807) is 13.8 Å². The van der Waals surface area contributed by atoms with Crippen molar-refractivity contribution in [2.45, 2.75) is 32.3 Å².